The van der Waals surface area contributed by atoms with Gasteiger partial charge >= 0.3 is 0 Å². The second kappa shape index (κ2) is 8.11. The maximum Gasteiger partial charge on any atom is 0.295 e. The van der Waals surface area contributed by atoms with Gasteiger partial charge < -0.3 is 10.6 Å². The Bertz CT molecular complexity index is 1100. The van der Waals surface area contributed by atoms with Crippen LogP contribution in [0, 0.1) is 10.1 Å². The van der Waals surface area contributed by atoms with E-state index in [1.165, 1.54) is 29.5 Å². The minimum atomic E-state index is -0.599. The minimum absolute atomic E-state index is 0.0663. The molecule has 2 amide bonds. The van der Waals surface area contributed by atoms with Crippen molar-refractivity contribution in [1.29, 1.82) is 0 Å². The highest BCUT2D eigenvalue weighted by Gasteiger charge is 2.22. The summed E-state index contributed by atoms with van der Waals surface area (Å²) in [4.78, 5) is 40.0. The molecule has 0 saturated carbocycles. The van der Waals surface area contributed by atoms with E-state index >= 15 is 0 Å². The lowest BCUT2D eigenvalue weighted by Gasteiger charge is -2.21. The smallest absolute Gasteiger partial charge is 0.295 e. The highest BCUT2D eigenvalue weighted by Crippen LogP contribution is 2.25. The average molecular weight is 408 g/mol. The van der Waals surface area contributed by atoms with Gasteiger partial charge in [0, 0.05) is 17.2 Å². The zero-order chi connectivity index (χ0) is 21.9. The van der Waals surface area contributed by atoms with Gasteiger partial charge in [0.05, 0.1) is 16.2 Å². The molecule has 10 heteroatoms. The Labute approximate surface area is 172 Å². The second-order valence-electron chi connectivity index (χ2n) is 7.50. The van der Waals surface area contributed by atoms with Crippen molar-refractivity contribution < 1.29 is 14.5 Å². The molecule has 154 valence electrons. The lowest BCUT2D eigenvalue weighted by Crippen LogP contribution is -2.40. The standard InChI is InChI=1S/C20H20N6O4/c1-20(2,3)24-19(28)14-6-4-5-7-15(14)23-18(27)13-8-9-16(17(10-13)26(29)30)25-12-21-11-22-25/h4-12H,1-3H3,(H,23,27)(H,24,28). The number of para-hydroxylation sites is 1. The van der Waals surface area contributed by atoms with Crippen LogP contribution in [-0.4, -0.2) is 37.0 Å². The van der Waals surface area contributed by atoms with Crippen LogP contribution in [0.4, 0.5) is 11.4 Å². The summed E-state index contributed by atoms with van der Waals surface area (Å²) in [5.74, 6) is -0.926. The van der Waals surface area contributed by atoms with Crippen LogP contribution in [0.25, 0.3) is 5.69 Å². The highest BCUT2D eigenvalue weighted by atomic mass is 16.6. The van der Waals surface area contributed by atoms with Crippen LogP contribution in [0.15, 0.2) is 55.1 Å². The first kappa shape index (κ1) is 20.6. The van der Waals surface area contributed by atoms with E-state index in [1.807, 2.05) is 20.8 Å². The normalized spacial score (nSPS) is 11.0. The lowest BCUT2D eigenvalue weighted by molar-refractivity contribution is -0.384. The molecule has 2 N–H and O–H groups in total. The molecule has 0 unspecified atom stereocenters. The van der Waals surface area contributed by atoms with Crippen molar-refractivity contribution in [2.45, 2.75) is 26.3 Å². The third-order valence-electron chi connectivity index (χ3n) is 4.01. The van der Waals surface area contributed by atoms with Crippen molar-refractivity contribution in [1.82, 2.24) is 20.1 Å². The third kappa shape index (κ3) is 4.66. The Hall–Kier alpha value is -4.08. The van der Waals surface area contributed by atoms with Crippen molar-refractivity contribution in [3.8, 4) is 5.69 Å². The van der Waals surface area contributed by atoms with E-state index in [0.717, 1.165) is 6.07 Å². The summed E-state index contributed by atoms with van der Waals surface area (Å²) in [6.07, 6.45) is 2.58. The molecular formula is C20H20N6O4. The van der Waals surface area contributed by atoms with Gasteiger partial charge in [-0.1, -0.05) is 12.1 Å². The zero-order valence-corrected chi connectivity index (χ0v) is 16.6. The molecule has 0 aliphatic rings. The lowest BCUT2D eigenvalue weighted by atomic mass is 10.1. The van der Waals surface area contributed by atoms with Gasteiger partial charge in [0.25, 0.3) is 17.5 Å². The van der Waals surface area contributed by atoms with Gasteiger partial charge in [-0.05, 0) is 45.0 Å². The van der Waals surface area contributed by atoms with Gasteiger partial charge in [-0.2, -0.15) is 5.10 Å². The van der Waals surface area contributed by atoms with Crippen molar-refractivity contribution >= 4 is 23.2 Å². The maximum absolute atomic E-state index is 12.7. The Morgan fingerprint density at radius 1 is 1.10 bits per heavy atom. The number of rotatable bonds is 5. The molecule has 3 rings (SSSR count). The number of benzene rings is 2. The molecule has 0 fully saturated rings. The van der Waals surface area contributed by atoms with Gasteiger partial charge in [0.2, 0.25) is 0 Å². The average Bonchev–Trinajstić information content (AvgIpc) is 3.21. The van der Waals surface area contributed by atoms with Crippen molar-refractivity contribution in [2.24, 2.45) is 0 Å². The molecule has 3 aromatic rings. The summed E-state index contributed by atoms with van der Waals surface area (Å²) >= 11 is 0. The van der Waals surface area contributed by atoms with Crippen LogP contribution in [-0.2, 0) is 0 Å². The van der Waals surface area contributed by atoms with Crippen molar-refractivity contribution in [3.05, 3.63) is 76.4 Å². The van der Waals surface area contributed by atoms with Crippen LogP contribution >= 0.6 is 0 Å². The molecule has 30 heavy (non-hydrogen) atoms. The number of aromatic nitrogens is 3. The van der Waals surface area contributed by atoms with Gasteiger partial charge in [-0.15, -0.1) is 0 Å². The highest BCUT2D eigenvalue weighted by molar-refractivity contribution is 6.09. The van der Waals surface area contributed by atoms with Crippen LogP contribution < -0.4 is 10.6 Å². The molecule has 0 aliphatic heterocycles. The van der Waals surface area contributed by atoms with E-state index < -0.39 is 16.4 Å². The van der Waals surface area contributed by atoms with Crippen LogP contribution in [0.3, 0.4) is 0 Å². The molecule has 0 saturated heterocycles. The Morgan fingerprint density at radius 3 is 2.47 bits per heavy atom. The predicted octanol–water partition coefficient (Wildman–Crippen LogP) is 2.96. The topological polar surface area (TPSA) is 132 Å². The van der Waals surface area contributed by atoms with Crippen LogP contribution in [0.1, 0.15) is 41.5 Å². The number of hydrogen-bond acceptors (Lipinski definition) is 6. The number of carbonyl (C=O) groups excluding carboxylic acids is 2. The van der Waals surface area contributed by atoms with E-state index in [-0.39, 0.29) is 28.4 Å². The quantitative estimate of drug-likeness (QED) is 0.493. The van der Waals surface area contributed by atoms with Crippen LogP contribution in [0.2, 0.25) is 0 Å². The fourth-order valence-corrected chi connectivity index (χ4v) is 2.73. The summed E-state index contributed by atoms with van der Waals surface area (Å²) in [6.45, 7) is 5.55. The molecule has 1 aromatic heterocycles. The fourth-order valence-electron chi connectivity index (χ4n) is 2.73. The number of nitrogens with zero attached hydrogens (tertiary/aromatic N) is 4. The van der Waals surface area contributed by atoms with Crippen LogP contribution in [0.5, 0.6) is 0 Å². The zero-order valence-electron chi connectivity index (χ0n) is 16.6. The molecule has 2 aromatic carbocycles. The number of nitro groups is 1. The number of hydrogen-bond donors (Lipinski definition) is 2. The van der Waals surface area contributed by atoms with E-state index in [1.54, 1.807) is 24.3 Å². The van der Waals surface area contributed by atoms with Crippen molar-refractivity contribution in [3.63, 3.8) is 0 Å². The predicted molar refractivity (Wildman–Crippen MR) is 110 cm³/mol. The van der Waals surface area contributed by atoms with E-state index in [9.17, 15) is 19.7 Å². The first-order valence-electron chi connectivity index (χ1n) is 9.02. The second-order valence-corrected chi connectivity index (χ2v) is 7.50. The number of amides is 2. The number of nitrogens with one attached hydrogen (secondary N) is 2. The minimum Gasteiger partial charge on any atom is -0.347 e. The van der Waals surface area contributed by atoms with Crippen molar-refractivity contribution in [2.75, 3.05) is 5.32 Å². The molecule has 0 bridgehead atoms. The van der Waals surface area contributed by atoms with E-state index in [0.29, 0.717) is 5.69 Å². The molecule has 0 radical (unpaired) electrons. The summed E-state index contributed by atoms with van der Waals surface area (Å²) < 4.78 is 1.24. The Morgan fingerprint density at radius 2 is 1.83 bits per heavy atom. The third-order valence-corrected chi connectivity index (χ3v) is 4.01. The molecule has 0 atom stereocenters. The van der Waals surface area contributed by atoms with Gasteiger partial charge in [0.1, 0.15) is 18.3 Å². The largest absolute Gasteiger partial charge is 0.347 e. The summed E-state index contributed by atoms with van der Waals surface area (Å²) in [6, 6.07) is 10.6. The Kier molecular flexibility index (Phi) is 5.58. The van der Waals surface area contributed by atoms with E-state index in [2.05, 4.69) is 20.7 Å². The monoisotopic (exact) mass is 408 g/mol. The molecule has 0 spiro atoms. The molecule has 1 heterocycles. The first-order valence-corrected chi connectivity index (χ1v) is 9.02. The maximum atomic E-state index is 12.7. The first-order chi connectivity index (χ1) is 14.2. The number of anilines is 1. The fraction of sp³-hybridized carbons (Fsp3) is 0.200. The summed E-state index contributed by atoms with van der Waals surface area (Å²) in [7, 11) is 0. The number of nitro benzene ring substituents is 1. The molecule has 10 nitrogen and oxygen atoms in total. The van der Waals surface area contributed by atoms with E-state index in [4.69, 9.17) is 0 Å². The summed E-state index contributed by atoms with van der Waals surface area (Å²) in [5, 5.41) is 20.9. The summed E-state index contributed by atoms with van der Waals surface area (Å²) in [5.41, 5.74) is 0.0794. The molecular weight excluding hydrogens is 388 g/mol. The molecule has 0 aliphatic carbocycles. The van der Waals surface area contributed by atoms with Gasteiger partial charge in [0.15, 0.2) is 0 Å². The Balaban J connectivity index is 1.90. The SMILES string of the molecule is CC(C)(C)NC(=O)c1ccccc1NC(=O)c1ccc(-n2cncn2)c([N+](=O)[O-])c1. The van der Waals surface area contributed by atoms with Gasteiger partial charge in [-0.25, -0.2) is 9.67 Å². The number of carbonyl (C=O) groups is 2. The van der Waals surface area contributed by atoms with Gasteiger partial charge in [-0.3, -0.25) is 19.7 Å².